The van der Waals surface area contributed by atoms with Crippen molar-refractivity contribution in [2.45, 2.75) is 13.8 Å². The molecule has 0 bridgehead atoms. The van der Waals surface area contributed by atoms with E-state index in [4.69, 9.17) is 17.3 Å². The van der Waals surface area contributed by atoms with Gasteiger partial charge < -0.3 is 15.3 Å². The number of aliphatic hydroxyl groups is 1. The number of nitrogens with zero attached hydrogens (tertiary/aromatic N) is 1. The summed E-state index contributed by atoms with van der Waals surface area (Å²) in [5.41, 5.74) is 3.54. The van der Waals surface area contributed by atoms with Crippen LogP contribution < -0.4 is 15.5 Å². The van der Waals surface area contributed by atoms with Gasteiger partial charge in [-0.3, -0.25) is 10.1 Å². The van der Waals surface area contributed by atoms with E-state index in [-0.39, 0.29) is 12.5 Å². The molecule has 112 valence electrons. The first kappa shape index (κ1) is 15.5. The molecule has 1 saturated heterocycles. The molecule has 0 radical (unpaired) electrons. The van der Waals surface area contributed by atoms with Crippen LogP contribution in [0.2, 0.25) is 0 Å². The molecular weight excluding hydrogens is 286 g/mol. The number of carbonyl (C=O) groups excluding carboxylic acids is 1. The fraction of sp³-hybridized carbons (Fsp3) is 0.333. The molecule has 21 heavy (non-hydrogen) atoms. The van der Waals surface area contributed by atoms with Crippen LogP contribution in [0.5, 0.6) is 0 Å². The molecule has 1 aromatic carbocycles. The molecule has 0 unspecified atom stereocenters. The number of likely N-dealkylation sites (N-methyl/N-ethyl adjacent to an activating group) is 1. The predicted octanol–water partition coefficient (Wildman–Crippen LogP) is 1.16. The number of rotatable bonds is 5. The van der Waals surface area contributed by atoms with Gasteiger partial charge >= 0.3 is 0 Å². The van der Waals surface area contributed by atoms with Crippen LogP contribution in [-0.2, 0) is 4.79 Å². The van der Waals surface area contributed by atoms with Gasteiger partial charge in [0.2, 0.25) is 0 Å². The zero-order valence-electron chi connectivity index (χ0n) is 12.1. The summed E-state index contributed by atoms with van der Waals surface area (Å²) in [6.45, 7) is 5.61. The van der Waals surface area contributed by atoms with Crippen molar-refractivity contribution in [2.24, 2.45) is 0 Å². The van der Waals surface area contributed by atoms with Crippen molar-refractivity contribution >= 4 is 35.0 Å². The first-order valence-electron chi connectivity index (χ1n) is 6.85. The molecule has 1 aliphatic heterocycles. The van der Waals surface area contributed by atoms with E-state index in [1.807, 2.05) is 19.1 Å². The van der Waals surface area contributed by atoms with E-state index in [9.17, 15) is 4.79 Å². The van der Waals surface area contributed by atoms with E-state index >= 15 is 0 Å². The summed E-state index contributed by atoms with van der Waals surface area (Å²) >= 11 is 4.91. The third-order valence-corrected chi connectivity index (χ3v) is 3.59. The van der Waals surface area contributed by atoms with Crippen molar-refractivity contribution in [1.82, 2.24) is 10.6 Å². The summed E-state index contributed by atoms with van der Waals surface area (Å²) in [5, 5.41) is 14.8. The fourth-order valence-electron chi connectivity index (χ4n) is 2.25. The molecule has 5 nitrogen and oxygen atoms in total. The van der Waals surface area contributed by atoms with Crippen LogP contribution in [-0.4, -0.2) is 35.8 Å². The third-order valence-electron chi connectivity index (χ3n) is 3.39. The molecule has 6 heteroatoms. The van der Waals surface area contributed by atoms with Crippen LogP contribution in [0.25, 0.3) is 6.08 Å². The van der Waals surface area contributed by atoms with Crippen molar-refractivity contribution in [3.63, 3.8) is 0 Å². The van der Waals surface area contributed by atoms with Gasteiger partial charge in [0.15, 0.2) is 5.11 Å². The number of hydrogen-bond acceptors (Lipinski definition) is 4. The molecule has 1 heterocycles. The van der Waals surface area contributed by atoms with Gasteiger partial charge in [-0.15, -0.1) is 0 Å². The van der Waals surface area contributed by atoms with E-state index in [0.717, 1.165) is 23.4 Å². The predicted molar refractivity (Wildman–Crippen MR) is 88.0 cm³/mol. The second-order valence-corrected chi connectivity index (χ2v) is 5.22. The molecule has 2 rings (SSSR count). The van der Waals surface area contributed by atoms with Gasteiger partial charge in [-0.05, 0) is 55.4 Å². The molecule has 0 spiro atoms. The van der Waals surface area contributed by atoms with Gasteiger partial charge in [0.25, 0.3) is 5.91 Å². The first-order chi connectivity index (χ1) is 10.0. The number of thiocarbonyl (C=S) groups is 1. The second-order valence-electron chi connectivity index (χ2n) is 4.81. The Morgan fingerprint density at radius 2 is 2.14 bits per heavy atom. The van der Waals surface area contributed by atoms with Crippen LogP contribution >= 0.6 is 12.2 Å². The standard InChI is InChI=1S/C15H19N3O2S/c1-3-18(6-7-19)12-5-4-11(10(2)8-12)9-13-14(20)17-15(21)16-13/h4-5,8-9,19H,3,6-7H2,1-2H3,(H2,16,17,20,21)/b13-9-. The Hall–Kier alpha value is -1.92. The molecular formula is C15H19N3O2S. The summed E-state index contributed by atoms with van der Waals surface area (Å²) in [5.74, 6) is -0.209. The van der Waals surface area contributed by atoms with Gasteiger partial charge in [0, 0.05) is 18.8 Å². The van der Waals surface area contributed by atoms with Crippen LogP contribution in [0.15, 0.2) is 23.9 Å². The maximum atomic E-state index is 11.6. The monoisotopic (exact) mass is 305 g/mol. The highest BCUT2D eigenvalue weighted by Gasteiger charge is 2.20. The highest BCUT2D eigenvalue weighted by molar-refractivity contribution is 7.80. The largest absolute Gasteiger partial charge is 0.395 e. The number of carbonyl (C=O) groups is 1. The van der Waals surface area contributed by atoms with E-state index in [2.05, 4.69) is 28.5 Å². The minimum atomic E-state index is -0.209. The highest BCUT2D eigenvalue weighted by Crippen LogP contribution is 2.21. The number of amides is 1. The second kappa shape index (κ2) is 6.69. The molecule has 3 N–H and O–H groups in total. The van der Waals surface area contributed by atoms with Crippen LogP contribution in [0.1, 0.15) is 18.1 Å². The van der Waals surface area contributed by atoms with Crippen molar-refractivity contribution in [3.05, 3.63) is 35.0 Å². The fourth-order valence-corrected chi connectivity index (χ4v) is 2.45. The highest BCUT2D eigenvalue weighted by atomic mass is 32.1. The van der Waals surface area contributed by atoms with Crippen molar-refractivity contribution in [1.29, 1.82) is 0 Å². The lowest BCUT2D eigenvalue weighted by Gasteiger charge is -2.22. The van der Waals surface area contributed by atoms with E-state index < -0.39 is 0 Å². The summed E-state index contributed by atoms with van der Waals surface area (Å²) in [7, 11) is 0. The minimum Gasteiger partial charge on any atom is -0.395 e. The molecule has 1 fully saturated rings. The molecule has 0 saturated carbocycles. The lowest BCUT2D eigenvalue weighted by Crippen LogP contribution is -2.26. The Morgan fingerprint density at radius 3 is 2.67 bits per heavy atom. The molecule has 1 amide bonds. The van der Waals surface area contributed by atoms with Gasteiger partial charge in [-0.25, -0.2) is 0 Å². The number of anilines is 1. The maximum absolute atomic E-state index is 11.6. The average molecular weight is 305 g/mol. The maximum Gasteiger partial charge on any atom is 0.273 e. The minimum absolute atomic E-state index is 0.125. The Morgan fingerprint density at radius 1 is 1.38 bits per heavy atom. The Labute approximate surface area is 129 Å². The van der Waals surface area contributed by atoms with Crippen LogP contribution in [0.4, 0.5) is 5.69 Å². The average Bonchev–Trinajstić information content (AvgIpc) is 2.76. The van der Waals surface area contributed by atoms with Crippen LogP contribution in [0.3, 0.4) is 0 Å². The summed E-state index contributed by atoms with van der Waals surface area (Å²) in [6.07, 6.45) is 1.79. The van der Waals surface area contributed by atoms with Crippen LogP contribution in [0, 0.1) is 6.92 Å². The normalized spacial score (nSPS) is 16.0. The first-order valence-corrected chi connectivity index (χ1v) is 7.26. The number of nitrogens with one attached hydrogen (secondary N) is 2. The molecule has 1 aromatic rings. The Kier molecular flexibility index (Phi) is 4.93. The number of benzene rings is 1. The summed E-state index contributed by atoms with van der Waals surface area (Å²) in [4.78, 5) is 13.7. The zero-order valence-corrected chi connectivity index (χ0v) is 13.0. The number of hydrogen-bond donors (Lipinski definition) is 3. The lowest BCUT2D eigenvalue weighted by atomic mass is 10.1. The van der Waals surface area contributed by atoms with Crippen molar-refractivity contribution in [3.8, 4) is 0 Å². The lowest BCUT2D eigenvalue weighted by molar-refractivity contribution is -0.115. The van der Waals surface area contributed by atoms with E-state index in [0.29, 0.717) is 17.4 Å². The number of aryl methyl sites for hydroxylation is 1. The molecule has 0 aliphatic carbocycles. The summed E-state index contributed by atoms with van der Waals surface area (Å²) < 4.78 is 0. The van der Waals surface area contributed by atoms with Crippen molar-refractivity contribution in [2.75, 3.05) is 24.6 Å². The third kappa shape index (κ3) is 3.59. The Balaban J connectivity index is 2.25. The van der Waals surface area contributed by atoms with E-state index in [1.54, 1.807) is 6.08 Å². The zero-order chi connectivity index (χ0) is 15.4. The topological polar surface area (TPSA) is 64.6 Å². The molecule has 1 aliphatic rings. The van der Waals surface area contributed by atoms with E-state index in [1.165, 1.54) is 0 Å². The van der Waals surface area contributed by atoms with Gasteiger partial charge in [0.1, 0.15) is 5.70 Å². The molecule has 0 aromatic heterocycles. The van der Waals surface area contributed by atoms with Crippen molar-refractivity contribution < 1.29 is 9.90 Å². The Bertz CT molecular complexity index is 599. The number of aliphatic hydroxyl groups excluding tert-OH is 1. The van der Waals surface area contributed by atoms with Gasteiger partial charge in [-0.2, -0.15) is 0 Å². The van der Waals surface area contributed by atoms with Gasteiger partial charge in [0.05, 0.1) is 6.61 Å². The SMILES string of the molecule is CCN(CCO)c1ccc(/C=C2\NC(=S)NC2=O)c(C)c1. The smallest absolute Gasteiger partial charge is 0.273 e. The summed E-state index contributed by atoms with van der Waals surface area (Å²) in [6, 6.07) is 6.01. The molecule has 0 atom stereocenters. The quantitative estimate of drug-likeness (QED) is 0.563. The van der Waals surface area contributed by atoms with Gasteiger partial charge in [-0.1, -0.05) is 6.07 Å².